The Balaban J connectivity index is 2.13. The van der Waals surface area contributed by atoms with Gasteiger partial charge in [0.25, 0.3) is 5.56 Å². The Hall–Kier alpha value is -2.92. The molecule has 0 saturated carbocycles. The second-order valence-electron chi connectivity index (χ2n) is 7.11. The average Bonchev–Trinajstić information content (AvgIpc) is 2.73. The molecule has 0 aliphatic heterocycles. The van der Waals surface area contributed by atoms with Crippen LogP contribution < -0.4 is 17.0 Å². The average molecular weight is 516 g/mol. The van der Waals surface area contributed by atoms with Crippen LogP contribution in [0.25, 0.3) is 0 Å². The van der Waals surface area contributed by atoms with Crippen molar-refractivity contribution >= 4 is 15.9 Å². The SMILES string of the molecule is Cc1c(Br)c(=O)n(CC(N)c2ccccc2O)c(=O)n1Cc1c(F)cccc1C(F)(F)F. The second-order valence-corrected chi connectivity index (χ2v) is 7.91. The van der Waals surface area contributed by atoms with Crippen molar-refractivity contribution in [2.75, 3.05) is 0 Å². The van der Waals surface area contributed by atoms with Gasteiger partial charge >= 0.3 is 11.9 Å². The molecule has 0 fully saturated rings. The van der Waals surface area contributed by atoms with Crippen LogP contribution in [-0.4, -0.2) is 14.2 Å². The Morgan fingerprint density at radius 3 is 2.38 bits per heavy atom. The maximum absolute atomic E-state index is 14.3. The van der Waals surface area contributed by atoms with Gasteiger partial charge in [-0.1, -0.05) is 24.3 Å². The van der Waals surface area contributed by atoms with Crippen LogP contribution in [-0.2, 0) is 19.3 Å². The highest BCUT2D eigenvalue weighted by Gasteiger charge is 2.35. The Bertz CT molecular complexity index is 1280. The number of benzene rings is 2. The number of hydrogen-bond donors (Lipinski definition) is 2. The molecule has 1 unspecified atom stereocenters. The van der Waals surface area contributed by atoms with Gasteiger partial charge < -0.3 is 10.8 Å². The van der Waals surface area contributed by atoms with Crippen LogP contribution in [0.1, 0.15) is 28.4 Å². The van der Waals surface area contributed by atoms with Crippen LogP contribution in [0, 0.1) is 12.7 Å². The fourth-order valence-corrected chi connectivity index (χ4v) is 3.78. The Morgan fingerprint density at radius 1 is 1.09 bits per heavy atom. The molecule has 0 radical (unpaired) electrons. The van der Waals surface area contributed by atoms with Gasteiger partial charge in [-0.05, 0) is 41.1 Å². The topological polar surface area (TPSA) is 90.2 Å². The number of rotatable bonds is 5. The molecule has 1 heterocycles. The molecule has 3 aromatic rings. The molecule has 3 rings (SSSR count). The lowest BCUT2D eigenvalue weighted by molar-refractivity contribution is -0.138. The smallest absolute Gasteiger partial charge is 0.416 e. The van der Waals surface area contributed by atoms with E-state index < -0.39 is 47.0 Å². The van der Waals surface area contributed by atoms with E-state index in [1.807, 2.05) is 0 Å². The van der Waals surface area contributed by atoms with Crippen LogP contribution in [0.4, 0.5) is 17.6 Å². The van der Waals surface area contributed by atoms with Gasteiger partial charge in [0, 0.05) is 16.8 Å². The molecule has 170 valence electrons. The number of nitrogens with zero attached hydrogens (tertiary/aromatic N) is 2. The number of phenols is 1. The van der Waals surface area contributed by atoms with Gasteiger partial charge in [0.2, 0.25) is 0 Å². The van der Waals surface area contributed by atoms with E-state index in [1.165, 1.54) is 19.1 Å². The van der Waals surface area contributed by atoms with Crippen LogP contribution in [0.15, 0.2) is 56.5 Å². The molecule has 3 N–H and O–H groups in total. The van der Waals surface area contributed by atoms with Gasteiger partial charge in [0.05, 0.1) is 24.7 Å². The lowest BCUT2D eigenvalue weighted by Crippen LogP contribution is -2.44. The minimum Gasteiger partial charge on any atom is -0.508 e. The fraction of sp³-hybridized carbons (Fsp3) is 0.238. The largest absolute Gasteiger partial charge is 0.508 e. The zero-order valence-electron chi connectivity index (χ0n) is 16.7. The van der Waals surface area contributed by atoms with E-state index in [9.17, 15) is 32.3 Å². The van der Waals surface area contributed by atoms with Gasteiger partial charge in [-0.2, -0.15) is 13.2 Å². The maximum atomic E-state index is 14.3. The highest BCUT2D eigenvalue weighted by Crippen LogP contribution is 2.33. The number of aromatic nitrogens is 2. The first-order chi connectivity index (χ1) is 14.9. The lowest BCUT2D eigenvalue weighted by atomic mass is 10.1. The quantitative estimate of drug-likeness (QED) is 0.507. The van der Waals surface area contributed by atoms with Crippen molar-refractivity contribution in [2.45, 2.75) is 32.2 Å². The van der Waals surface area contributed by atoms with E-state index in [1.54, 1.807) is 12.1 Å². The van der Waals surface area contributed by atoms with Gasteiger partial charge in [-0.15, -0.1) is 0 Å². The van der Waals surface area contributed by atoms with Crippen LogP contribution in [0.5, 0.6) is 5.75 Å². The van der Waals surface area contributed by atoms with Crippen molar-refractivity contribution in [1.29, 1.82) is 0 Å². The van der Waals surface area contributed by atoms with Crippen molar-refractivity contribution in [1.82, 2.24) is 9.13 Å². The van der Waals surface area contributed by atoms with E-state index in [0.29, 0.717) is 0 Å². The molecule has 0 amide bonds. The molecule has 11 heteroatoms. The monoisotopic (exact) mass is 515 g/mol. The second kappa shape index (κ2) is 8.91. The zero-order chi connectivity index (χ0) is 23.8. The third-order valence-electron chi connectivity index (χ3n) is 5.07. The molecule has 1 aromatic heterocycles. The number of nitrogens with two attached hydrogens (primary N) is 1. The number of para-hydroxylation sites is 1. The summed E-state index contributed by atoms with van der Waals surface area (Å²) in [6.07, 6.45) is -4.84. The van der Waals surface area contributed by atoms with E-state index in [4.69, 9.17) is 5.73 Å². The van der Waals surface area contributed by atoms with Crippen molar-refractivity contribution < 1.29 is 22.7 Å². The molecule has 6 nitrogen and oxygen atoms in total. The predicted octanol–water partition coefficient (Wildman–Crippen LogP) is 3.69. The molecule has 0 aliphatic rings. The molecule has 0 aliphatic carbocycles. The van der Waals surface area contributed by atoms with Crippen molar-refractivity contribution in [2.24, 2.45) is 5.73 Å². The summed E-state index contributed by atoms with van der Waals surface area (Å²) in [6, 6.07) is 7.63. The molecular weight excluding hydrogens is 498 g/mol. The first-order valence-electron chi connectivity index (χ1n) is 9.31. The highest BCUT2D eigenvalue weighted by molar-refractivity contribution is 9.10. The molecule has 0 saturated heterocycles. The first kappa shape index (κ1) is 23.7. The van der Waals surface area contributed by atoms with Gasteiger partial charge in [0.1, 0.15) is 16.0 Å². The zero-order valence-corrected chi connectivity index (χ0v) is 18.2. The molecular formula is C21H18BrF4N3O3. The summed E-state index contributed by atoms with van der Waals surface area (Å²) in [7, 11) is 0. The molecule has 1 atom stereocenters. The van der Waals surface area contributed by atoms with Crippen molar-refractivity contribution in [3.63, 3.8) is 0 Å². The maximum Gasteiger partial charge on any atom is 0.416 e. The molecule has 32 heavy (non-hydrogen) atoms. The van der Waals surface area contributed by atoms with E-state index in [0.717, 1.165) is 27.3 Å². The number of halogens is 5. The molecule has 0 spiro atoms. The summed E-state index contributed by atoms with van der Waals surface area (Å²) in [5.41, 5.74) is 2.72. The van der Waals surface area contributed by atoms with Crippen molar-refractivity contribution in [3.05, 3.63) is 96.0 Å². The number of aromatic hydroxyl groups is 1. The number of alkyl halides is 3. The van der Waals surface area contributed by atoms with Gasteiger partial charge in [-0.25, -0.2) is 9.18 Å². The van der Waals surface area contributed by atoms with Gasteiger partial charge in [0.15, 0.2) is 0 Å². The van der Waals surface area contributed by atoms with E-state index in [2.05, 4.69) is 15.9 Å². The summed E-state index contributed by atoms with van der Waals surface area (Å²) in [5, 5.41) is 9.97. The fourth-order valence-electron chi connectivity index (χ4n) is 3.35. The van der Waals surface area contributed by atoms with E-state index in [-0.39, 0.29) is 28.0 Å². The van der Waals surface area contributed by atoms with Crippen molar-refractivity contribution in [3.8, 4) is 5.75 Å². The first-order valence-corrected chi connectivity index (χ1v) is 10.1. The van der Waals surface area contributed by atoms with Crippen LogP contribution in [0.3, 0.4) is 0 Å². The predicted molar refractivity (Wildman–Crippen MR) is 113 cm³/mol. The third-order valence-corrected chi connectivity index (χ3v) is 5.99. The summed E-state index contributed by atoms with van der Waals surface area (Å²) in [6.45, 7) is 0.239. The van der Waals surface area contributed by atoms with E-state index >= 15 is 0 Å². The summed E-state index contributed by atoms with van der Waals surface area (Å²) in [5.74, 6) is -1.27. The number of hydrogen-bond acceptors (Lipinski definition) is 4. The minimum absolute atomic E-state index is 0.0313. The summed E-state index contributed by atoms with van der Waals surface area (Å²) in [4.78, 5) is 25.8. The summed E-state index contributed by atoms with van der Waals surface area (Å²) < 4.78 is 56.1. The number of phenolic OH excluding ortho intramolecular Hbond substituents is 1. The van der Waals surface area contributed by atoms with Crippen LogP contribution in [0.2, 0.25) is 0 Å². The Morgan fingerprint density at radius 2 is 1.75 bits per heavy atom. The summed E-state index contributed by atoms with van der Waals surface area (Å²) >= 11 is 3.07. The lowest BCUT2D eigenvalue weighted by Gasteiger charge is -2.20. The highest BCUT2D eigenvalue weighted by atomic mass is 79.9. The third kappa shape index (κ3) is 4.49. The Kier molecular flexibility index (Phi) is 6.61. The standard InChI is InChI=1S/C21H18BrF4N3O3/c1-11-18(22)19(31)29(10-16(27)12-5-2-3-8-17(12)30)20(32)28(11)9-13-14(21(24,25)26)6-4-7-15(13)23/h2-8,16,30H,9-10,27H2,1H3. The minimum atomic E-state index is -4.84. The van der Waals surface area contributed by atoms with Gasteiger partial charge in [-0.3, -0.25) is 13.9 Å². The molecule has 2 aromatic carbocycles. The van der Waals surface area contributed by atoms with Crippen LogP contribution >= 0.6 is 15.9 Å². The normalized spacial score (nSPS) is 12.7. The molecule has 0 bridgehead atoms. The Labute approximate surface area is 187 Å².